The molecule has 0 spiro atoms. The van der Waals surface area contributed by atoms with Crippen LogP contribution in [0, 0.1) is 0 Å². The number of aromatic carboxylic acids is 1. The number of aromatic nitrogens is 1. The van der Waals surface area contributed by atoms with Crippen LogP contribution >= 0.6 is 0 Å². The van der Waals surface area contributed by atoms with E-state index >= 15 is 0 Å². The Balaban J connectivity index is 2.64. The molecule has 1 amide bonds. The molecule has 1 rings (SSSR count). The summed E-state index contributed by atoms with van der Waals surface area (Å²) in [6.45, 7) is 5.25. The molecule has 0 radical (unpaired) electrons. The number of carboxylic acid groups (broad SMARTS) is 1. The number of amides is 1. The maximum Gasteiger partial charge on any atom is 0.412 e. The molecule has 2 N–H and O–H groups in total. The number of hydrogen-bond acceptors (Lipinski definition) is 4. The van der Waals surface area contributed by atoms with Gasteiger partial charge in [0.2, 0.25) is 0 Å². The molecule has 0 aliphatic rings. The van der Waals surface area contributed by atoms with Gasteiger partial charge in [0.1, 0.15) is 11.3 Å². The molecular weight excluding hydrogens is 224 g/mol. The SMILES string of the molecule is CC(C)(C)OC(=O)Nc1ccc(C(=O)O)nc1. The Morgan fingerprint density at radius 3 is 2.41 bits per heavy atom. The molecule has 0 bridgehead atoms. The quantitative estimate of drug-likeness (QED) is 0.823. The minimum atomic E-state index is -1.12. The van der Waals surface area contributed by atoms with Crippen molar-refractivity contribution in [2.75, 3.05) is 5.32 Å². The molecule has 0 saturated carbocycles. The molecule has 0 unspecified atom stereocenters. The summed E-state index contributed by atoms with van der Waals surface area (Å²) in [6, 6.07) is 2.75. The number of carbonyl (C=O) groups excluding carboxylic acids is 1. The van der Waals surface area contributed by atoms with Crippen molar-refractivity contribution in [3.63, 3.8) is 0 Å². The van der Waals surface area contributed by atoms with Gasteiger partial charge >= 0.3 is 12.1 Å². The van der Waals surface area contributed by atoms with Crippen molar-refractivity contribution in [3.05, 3.63) is 24.0 Å². The van der Waals surface area contributed by atoms with Crippen molar-refractivity contribution < 1.29 is 19.4 Å². The predicted molar refractivity (Wildman–Crippen MR) is 61.1 cm³/mol. The van der Waals surface area contributed by atoms with Gasteiger partial charge in [-0.25, -0.2) is 14.6 Å². The van der Waals surface area contributed by atoms with Gasteiger partial charge < -0.3 is 9.84 Å². The molecule has 0 saturated heterocycles. The predicted octanol–water partition coefficient (Wildman–Crippen LogP) is 2.13. The van der Waals surface area contributed by atoms with Gasteiger partial charge in [-0.1, -0.05) is 0 Å². The zero-order valence-corrected chi connectivity index (χ0v) is 9.85. The van der Waals surface area contributed by atoms with E-state index in [1.54, 1.807) is 20.8 Å². The summed E-state index contributed by atoms with van der Waals surface area (Å²) in [4.78, 5) is 25.6. The lowest BCUT2D eigenvalue weighted by molar-refractivity contribution is 0.0634. The van der Waals surface area contributed by atoms with Gasteiger partial charge in [0.05, 0.1) is 11.9 Å². The van der Waals surface area contributed by atoms with Crippen molar-refractivity contribution in [2.24, 2.45) is 0 Å². The molecule has 0 aliphatic heterocycles. The molecule has 1 aromatic rings. The highest BCUT2D eigenvalue weighted by atomic mass is 16.6. The molecule has 17 heavy (non-hydrogen) atoms. The van der Waals surface area contributed by atoms with E-state index in [1.807, 2.05) is 0 Å². The summed E-state index contributed by atoms with van der Waals surface area (Å²) in [6.07, 6.45) is 0.648. The minimum absolute atomic E-state index is 0.0836. The van der Waals surface area contributed by atoms with Crippen molar-refractivity contribution >= 4 is 17.7 Å². The number of rotatable bonds is 2. The molecular formula is C11H14N2O4. The van der Waals surface area contributed by atoms with Crippen molar-refractivity contribution in [2.45, 2.75) is 26.4 Å². The number of hydrogen-bond donors (Lipinski definition) is 2. The van der Waals surface area contributed by atoms with E-state index in [4.69, 9.17) is 9.84 Å². The Labute approximate surface area is 98.6 Å². The van der Waals surface area contributed by atoms with Crippen molar-refractivity contribution in [1.82, 2.24) is 4.98 Å². The second kappa shape index (κ2) is 4.82. The highest BCUT2D eigenvalue weighted by Gasteiger charge is 2.16. The normalized spacial score (nSPS) is 10.8. The maximum absolute atomic E-state index is 11.4. The fraction of sp³-hybridized carbons (Fsp3) is 0.364. The van der Waals surface area contributed by atoms with Gasteiger partial charge in [-0.2, -0.15) is 0 Å². The van der Waals surface area contributed by atoms with Crippen LogP contribution in [-0.2, 0) is 4.74 Å². The average molecular weight is 238 g/mol. The first-order chi connectivity index (χ1) is 7.78. The van der Waals surface area contributed by atoms with Crippen molar-refractivity contribution in [3.8, 4) is 0 Å². The summed E-state index contributed by atoms with van der Waals surface area (Å²) < 4.78 is 5.03. The largest absolute Gasteiger partial charge is 0.477 e. The smallest absolute Gasteiger partial charge is 0.412 e. The van der Waals surface area contributed by atoms with Crippen LogP contribution in [0.15, 0.2) is 18.3 Å². The molecule has 0 aromatic carbocycles. The molecule has 6 heteroatoms. The van der Waals surface area contributed by atoms with E-state index < -0.39 is 17.7 Å². The van der Waals surface area contributed by atoms with Crippen molar-refractivity contribution in [1.29, 1.82) is 0 Å². The Kier molecular flexibility index (Phi) is 3.67. The maximum atomic E-state index is 11.4. The lowest BCUT2D eigenvalue weighted by Crippen LogP contribution is -2.27. The Morgan fingerprint density at radius 1 is 1.35 bits per heavy atom. The van der Waals surface area contributed by atoms with E-state index in [-0.39, 0.29) is 5.69 Å². The number of pyridine rings is 1. The molecule has 92 valence electrons. The molecule has 1 heterocycles. The van der Waals surface area contributed by atoms with Crippen LogP contribution in [0.25, 0.3) is 0 Å². The van der Waals surface area contributed by atoms with E-state index in [0.717, 1.165) is 0 Å². The number of carbonyl (C=O) groups is 2. The molecule has 0 aliphatic carbocycles. The third kappa shape index (κ3) is 4.50. The summed E-state index contributed by atoms with van der Waals surface area (Å²) in [5.41, 5.74) is -0.289. The number of nitrogens with zero attached hydrogens (tertiary/aromatic N) is 1. The summed E-state index contributed by atoms with van der Waals surface area (Å²) in [7, 11) is 0. The van der Waals surface area contributed by atoms with Gasteiger partial charge in [-0.15, -0.1) is 0 Å². The average Bonchev–Trinajstić information content (AvgIpc) is 2.15. The van der Waals surface area contributed by atoms with Crippen LogP contribution < -0.4 is 5.32 Å². The molecule has 6 nitrogen and oxygen atoms in total. The van der Waals surface area contributed by atoms with Crippen LogP contribution in [0.1, 0.15) is 31.3 Å². The standard InChI is InChI=1S/C11H14N2O4/c1-11(2,3)17-10(16)13-7-4-5-8(9(14)15)12-6-7/h4-6H,1-3H3,(H,13,16)(H,14,15). The van der Waals surface area contributed by atoms with Gasteiger partial charge in [-0.3, -0.25) is 5.32 Å². The van der Waals surface area contributed by atoms with Crippen LogP contribution in [0.4, 0.5) is 10.5 Å². The topological polar surface area (TPSA) is 88.5 Å². The first kappa shape index (κ1) is 13.0. The van der Waals surface area contributed by atoms with Gasteiger partial charge in [0, 0.05) is 0 Å². The van der Waals surface area contributed by atoms with Crippen LogP contribution in [0.5, 0.6) is 0 Å². The van der Waals surface area contributed by atoms with Gasteiger partial charge in [-0.05, 0) is 32.9 Å². The van der Waals surface area contributed by atoms with E-state index in [1.165, 1.54) is 18.3 Å². The Bertz CT molecular complexity index is 420. The van der Waals surface area contributed by atoms with Gasteiger partial charge in [0.25, 0.3) is 0 Å². The van der Waals surface area contributed by atoms with E-state index in [2.05, 4.69) is 10.3 Å². The summed E-state index contributed by atoms with van der Waals surface area (Å²) in [5, 5.41) is 11.1. The van der Waals surface area contributed by atoms with Gasteiger partial charge in [0.15, 0.2) is 0 Å². The zero-order valence-electron chi connectivity index (χ0n) is 9.85. The fourth-order valence-corrected chi connectivity index (χ4v) is 1.02. The lowest BCUT2D eigenvalue weighted by Gasteiger charge is -2.19. The number of anilines is 1. The fourth-order valence-electron chi connectivity index (χ4n) is 1.02. The second-order valence-corrected chi connectivity index (χ2v) is 4.36. The van der Waals surface area contributed by atoms with E-state index in [0.29, 0.717) is 5.69 Å². The number of nitrogens with one attached hydrogen (secondary N) is 1. The summed E-state index contributed by atoms with van der Waals surface area (Å²) >= 11 is 0. The highest BCUT2D eigenvalue weighted by molar-refractivity contribution is 5.87. The Hall–Kier alpha value is -2.11. The van der Waals surface area contributed by atoms with Crippen LogP contribution in [0.3, 0.4) is 0 Å². The number of carboxylic acids is 1. The minimum Gasteiger partial charge on any atom is -0.477 e. The first-order valence-electron chi connectivity index (χ1n) is 4.97. The van der Waals surface area contributed by atoms with Crippen LogP contribution in [0.2, 0.25) is 0 Å². The summed E-state index contributed by atoms with van der Waals surface area (Å²) in [5.74, 6) is -1.12. The molecule has 0 fully saturated rings. The molecule has 0 atom stereocenters. The Morgan fingerprint density at radius 2 is 2.00 bits per heavy atom. The number of ether oxygens (including phenoxy) is 1. The lowest BCUT2D eigenvalue weighted by atomic mass is 10.2. The first-order valence-corrected chi connectivity index (χ1v) is 4.97. The molecule has 1 aromatic heterocycles. The third-order valence-corrected chi connectivity index (χ3v) is 1.63. The van der Waals surface area contributed by atoms with Crippen LogP contribution in [-0.4, -0.2) is 27.8 Å². The highest BCUT2D eigenvalue weighted by Crippen LogP contribution is 2.11. The second-order valence-electron chi connectivity index (χ2n) is 4.36. The zero-order chi connectivity index (χ0) is 13.1. The monoisotopic (exact) mass is 238 g/mol. The third-order valence-electron chi connectivity index (χ3n) is 1.63. The van der Waals surface area contributed by atoms with E-state index in [9.17, 15) is 9.59 Å².